The zero-order valence-corrected chi connectivity index (χ0v) is 10.8. The van der Waals surface area contributed by atoms with Gasteiger partial charge in [-0.3, -0.25) is 5.43 Å². The number of para-hydroxylation sites is 1. The maximum absolute atomic E-state index is 13.2. The fourth-order valence-corrected chi connectivity index (χ4v) is 1.10. The van der Waals surface area contributed by atoms with Crippen molar-refractivity contribution in [2.24, 2.45) is 4.99 Å². The zero-order chi connectivity index (χ0) is 14.5. The molecule has 2 N–H and O–H groups in total. The van der Waals surface area contributed by atoms with Gasteiger partial charge in [-0.15, -0.1) is 0 Å². The van der Waals surface area contributed by atoms with Crippen LogP contribution in [0.15, 0.2) is 23.2 Å². The molecule has 0 saturated heterocycles. The summed E-state index contributed by atoms with van der Waals surface area (Å²) in [4.78, 5) is 14.7. The first-order valence-electron chi connectivity index (χ1n) is 5.50. The molecular weight excluding hydrogens is 256 g/mol. The minimum atomic E-state index is -0.796. The summed E-state index contributed by atoms with van der Waals surface area (Å²) >= 11 is 0. The van der Waals surface area contributed by atoms with Gasteiger partial charge in [0.1, 0.15) is 17.6 Å². The minimum absolute atomic E-state index is 0.444. The van der Waals surface area contributed by atoms with Crippen molar-refractivity contribution in [1.29, 1.82) is 0 Å². The average Bonchev–Trinajstić information content (AvgIpc) is 2.25. The molecule has 0 aliphatic heterocycles. The summed E-state index contributed by atoms with van der Waals surface area (Å²) in [5.74, 6) is -1.59. The van der Waals surface area contributed by atoms with Crippen molar-refractivity contribution in [2.45, 2.75) is 26.4 Å². The van der Waals surface area contributed by atoms with Gasteiger partial charge in [0.05, 0.1) is 0 Å². The van der Waals surface area contributed by atoms with Crippen LogP contribution in [0, 0.1) is 11.6 Å². The van der Waals surface area contributed by atoms with Crippen LogP contribution in [0.5, 0.6) is 0 Å². The molecule has 7 heteroatoms. The molecule has 0 saturated carbocycles. The molecule has 0 heterocycles. The lowest BCUT2D eigenvalue weighted by Gasteiger charge is -2.19. The molecule has 104 valence electrons. The molecule has 0 atom stereocenters. The van der Waals surface area contributed by atoms with E-state index in [9.17, 15) is 13.6 Å². The molecular formula is C12H15F2N3O2. The van der Waals surface area contributed by atoms with Crippen LogP contribution in [0.2, 0.25) is 0 Å². The molecule has 0 bridgehead atoms. The van der Waals surface area contributed by atoms with E-state index in [4.69, 9.17) is 4.74 Å². The summed E-state index contributed by atoms with van der Waals surface area (Å²) < 4.78 is 31.2. The molecule has 0 unspecified atom stereocenters. The number of rotatable bonds is 3. The molecule has 19 heavy (non-hydrogen) atoms. The maximum atomic E-state index is 13.2. The molecule has 1 aromatic carbocycles. The van der Waals surface area contributed by atoms with Crippen LogP contribution in [-0.4, -0.2) is 18.0 Å². The Balaban J connectivity index is 2.49. The number of benzene rings is 1. The standard InChI is InChI=1S/C12H15F2N3O2/c1-12(2,3)19-11(18)17-16-7-15-10-8(13)5-4-6-9(10)14/h4-7H,1-3H3,(H,15,16)(H,17,18). The van der Waals surface area contributed by atoms with E-state index in [1.807, 2.05) is 0 Å². The lowest BCUT2D eigenvalue weighted by Crippen LogP contribution is -2.40. The molecule has 0 aromatic heterocycles. The molecule has 1 aromatic rings. The fourth-order valence-electron chi connectivity index (χ4n) is 1.10. The van der Waals surface area contributed by atoms with Crippen molar-refractivity contribution in [3.63, 3.8) is 0 Å². The quantitative estimate of drug-likeness (QED) is 0.504. The number of aliphatic imine (C=N–C) groups is 1. The van der Waals surface area contributed by atoms with Gasteiger partial charge in [0, 0.05) is 0 Å². The Morgan fingerprint density at radius 3 is 2.42 bits per heavy atom. The van der Waals surface area contributed by atoms with Gasteiger partial charge in [-0.2, -0.15) is 0 Å². The zero-order valence-electron chi connectivity index (χ0n) is 10.8. The number of carbonyl (C=O) groups excluding carboxylic acids is 1. The maximum Gasteiger partial charge on any atom is 0.426 e. The summed E-state index contributed by atoms with van der Waals surface area (Å²) in [6, 6.07) is 3.39. The van der Waals surface area contributed by atoms with Gasteiger partial charge < -0.3 is 4.74 Å². The molecule has 5 nitrogen and oxygen atoms in total. The number of halogens is 2. The van der Waals surface area contributed by atoms with Crippen LogP contribution >= 0.6 is 0 Å². The van der Waals surface area contributed by atoms with Crippen LogP contribution in [0.3, 0.4) is 0 Å². The van der Waals surface area contributed by atoms with Gasteiger partial charge in [0.2, 0.25) is 0 Å². The molecule has 0 radical (unpaired) electrons. The molecule has 1 rings (SSSR count). The Labute approximate surface area is 109 Å². The second-order valence-electron chi connectivity index (χ2n) is 4.60. The Morgan fingerprint density at radius 2 is 1.89 bits per heavy atom. The second-order valence-corrected chi connectivity index (χ2v) is 4.60. The predicted octanol–water partition coefficient (Wildman–Crippen LogP) is 2.65. The van der Waals surface area contributed by atoms with Crippen LogP contribution < -0.4 is 10.9 Å². The van der Waals surface area contributed by atoms with Gasteiger partial charge in [0.25, 0.3) is 0 Å². The van der Waals surface area contributed by atoms with E-state index in [0.29, 0.717) is 0 Å². The number of hydrogen-bond acceptors (Lipinski definition) is 3. The topological polar surface area (TPSA) is 62.7 Å². The summed E-state index contributed by atoms with van der Waals surface area (Å²) in [5.41, 5.74) is 3.32. The van der Waals surface area contributed by atoms with Crippen molar-refractivity contribution < 1.29 is 18.3 Å². The number of nitrogens with zero attached hydrogens (tertiary/aromatic N) is 1. The SMILES string of the molecule is CC(C)(C)OC(=O)NNC=Nc1c(F)cccc1F. The van der Waals surface area contributed by atoms with Crippen molar-refractivity contribution in [1.82, 2.24) is 10.9 Å². The van der Waals surface area contributed by atoms with Crippen LogP contribution in [0.1, 0.15) is 20.8 Å². The third-order valence-electron chi connectivity index (χ3n) is 1.77. The Morgan fingerprint density at radius 1 is 1.32 bits per heavy atom. The average molecular weight is 271 g/mol. The molecule has 0 spiro atoms. The largest absolute Gasteiger partial charge is 0.443 e. The van der Waals surface area contributed by atoms with Crippen molar-refractivity contribution >= 4 is 18.1 Å². The van der Waals surface area contributed by atoms with Crippen LogP contribution in [0.4, 0.5) is 19.3 Å². The Kier molecular flexibility index (Phi) is 4.80. The van der Waals surface area contributed by atoms with Gasteiger partial charge in [-0.25, -0.2) is 24.0 Å². The number of carbonyl (C=O) groups is 1. The summed E-state index contributed by atoms with van der Waals surface area (Å²) in [6.07, 6.45) is 0.221. The first-order chi connectivity index (χ1) is 8.79. The highest BCUT2D eigenvalue weighted by Crippen LogP contribution is 2.20. The number of nitrogens with one attached hydrogen (secondary N) is 2. The summed E-state index contributed by atoms with van der Waals surface area (Å²) in [7, 11) is 0. The fraction of sp³-hybridized carbons (Fsp3) is 0.333. The molecule has 1 amide bonds. The monoisotopic (exact) mass is 271 g/mol. The number of ether oxygens (including phenoxy) is 1. The van der Waals surface area contributed by atoms with Gasteiger partial charge in [0.15, 0.2) is 11.6 Å². The van der Waals surface area contributed by atoms with Gasteiger partial charge >= 0.3 is 6.09 Å². The van der Waals surface area contributed by atoms with E-state index in [2.05, 4.69) is 15.8 Å². The van der Waals surface area contributed by atoms with E-state index in [1.165, 1.54) is 6.07 Å². The van der Waals surface area contributed by atoms with E-state index in [0.717, 1.165) is 18.5 Å². The van der Waals surface area contributed by atoms with E-state index in [1.54, 1.807) is 20.8 Å². The number of amides is 1. The highest BCUT2D eigenvalue weighted by Gasteiger charge is 2.15. The highest BCUT2D eigenvalue weighted by atomic mass is 19.1. The lowest BCUT2D eigenvalue weighted by atomic mass is 10.2. The van der Waals surface area contributed by atoms with Crippen molar-refractivity contribution in [2.75, 3.05) is 0 Å². The third kappa shape index (κ3) is 5.33. The van der Waals surface area contributed by atoms with E-state index < -0.39 is 29.0 Å². The first-order valence-corrected chi connectivity index (χ1v) is 5.50. The first kappa shape index (κ1) is 14.9. The summed E-state index contributed by atoms with van der Waals surface area (Å²) in [5, 5.41) is 0. The van der Waals surface area contributed by atoms with E-state index >= 15 is 0 Å². The van der Waals surface area contributed by atoms with Crippen LogP contribution in [-0.2, 0) is 4.74 Å². The Bertz CT molecular complexity index is 464. The van der Waals surface area contributed by atoms with E-state index in [-0.39, 0.29) is 0 Å². The van der Waals surface area contributed by atoms with Crippen molar-refractivity contribution in [3.05, 3.63) is 29.8 Å². The number of hydrogen-bond donors (Lipinski definition) is 2. The second kappa shape index (κ2) is 6.12. The lowest BCUT2D eigenvalue weighted by molar-refractivity contribution is 0.0514. The highest BCUT2D eigenvalue weighted by molar-refractivity contribution is 5.71. The van der Waals surface area contributed by atoms with Crippen molar-refractivity contribution in [3.8, 4) is 0 Å². The molecule has 0 fully saturated rings. The molecule has 0 aliphatic carbocycles. The Hall–Kier alpha value is -2.18. The third-order valence-corrected chi connectivity index (χ3v) is 1.77. The smallest absolute Gasteiger partial charge is 0.426 e. The summed E-state index contributed by atoms with van der Waals surface area (Å²) in [6.45, 7) is 5.11. The van der Waals surface area contributed by atoms with Crippen LogP contribution in [0.25, 0.3) is 0 Å². The van der Waals surface area contributed by atoms with Gasteiger partial charge in [-0.05, 0) is 32.9 Å². The van der Waals surface area contributed by atoms with Gasteiger partial charge in [-0.1, -0.05) is 6.07 Å². The normalized spacial score (nSPS) is 11.4. The predicted molar refractivity (Wildman–Crippen MR) is 67.0 cm³/mol. The minimum Gasteiger partial charge on any atom is -0.443 e. The molecule has 0 aliphatic rings. The number of hydrazine groups is 1.